The number of nitrogens with zero attached hydrogens (tertiary/aromatic N) is 1. The smallest absolute Gasteiger partial charge is 0.421 e. The van der Waals surface area contributed by atoms with E-state index in [4.69, 9.17) is 4.74 Å². The number of ether oxygens (including phenoxy) is 1. The number of allylic oxidation sites excluding steroid dienone is 1. The molecule has 174 valence electrons. The molecule has 3 aromatic rings. The molecule has 0 unspecified atom stereocenters. The summed E-state index contributed by atoms with van der Waals surface area (Å²) in [7, 11) is 0. The SMILES string of the molecule is CC(C)(C)OC(=O)N1C(=O)[C@](C2=CC(=O)c3ccccc3C2=O)(c2ccccc2)c2ccccc21. The van der Waals surface area contributed by atoms with Crippen molar-refractivity contribution < 1.29 is 23.9 Å². The highest BCUT2D eigenvalue weighted by atomic mass is 16.6. The predicted molar refractivity (Wildman–Crippen MR) is 131 cm³/mol. The lowest BCUT2D eigenvalue weighted by atomic mass is 9.66. The largest absolute Gasteiger partial charge is 0.443 e. The maximum atomic E-state index is 14.4. The van der Waals surface area contributed by atoms with E-state index in [0.29, 0.717) is 16.8 Å². The molecule has 35 heavy (non-hydrogen) atoms. The Morgan fingerprint density at radius 1 is 0.800 bits per heavy atom. The topological polar surface area (TPSA) is 80.8 Å². The van der Waals surface area contributed by atoms with Crippen LogP contribution in [0, 0.1) is 0 Å². The van der Waals surface area contributed by atoms with Crippen molar-refractivity contribution in [2.24, 2.45) is 0 Å². The first-order valence-electron chi connectivity index (χ1n) is 11.3. The minimum Gasteiger partial charge on any atom is -0.443 e. The second-order valence-corrected chi connectivity index (χ2v) is 9.55. The average molecular weight is 466 g/mol. The molecule has 3 aromatic carbocycles. The summed E-state index contributed by atoms with van der Waals surface area (Å²) in [5, 5.41) is 0. The van der Waals surface area contributed by atoms with Gasteiger partial charge in [-0.25, -0.2) is 9.69 Å². The Morgan fingerprint density at radius 2 is 1.40 bits per heavy atom. The molecule has 1 aliphatic heterocycles. The lowest BCUT2D eigenvalue weighted by molar-refractivity contribution is -0.120. The maximum Gasteiger partial charge on any atom is 0.421 e. The predicted octanol–water partition coefficient (Wildman–Crippen LogP) is 5.26. The van der Waals surface area contributed by atoms with Crippen molar-refractivity contribution in [3.8, 4) is 0 Å². The van der Waals surface area contributed by atoms with Crippen LogP contribution < -0.4 is 4.90 Å². The molecule has 0 radical (unpaired) electrons. The van der Waals surface area contributed by atoms with Gasteiger partial charge in [0.25, 0.3) is 5.91 Å². The van der Waals surface area contributed by atoms with Gasteiger partial charge in [0.05, 0.1) is 5.69 Å². The van der Waals surface area contributed by atoms with Crippen molar-refractivity contribution in [2.75, 3.05) is 4.90 Å². The lowest BCUT2D eigenvalue weighted by Gasteiger charge is -2.33. The third kappa shape index (κ3) is 3.33. The van der Waals surface area contributed by atoms with Gasteiger partial charge in [0.15, 0.2) is 11.6 Å². The first-order valence-corrected chi connectivity index (χ1v) is 11.3. The van der Waals surface area contributed by atoms with Crippen molar-refractivity contribution in [3.05, 3.63) is 113 Å². The Balaban J connectivity index is 1.81. The van der Waals surface area contributed by atoms with E-state index in [1.807, 2.05) is 0 Å². The van der Waals surface area contributed by atoms with E-state index in [1.165, 1.54) is 6.08 Å². The zero-order chi connectivity index (χ0) is 25.0. The van der Waals surface area contributed by atoms with Crippen LogP contribution in [0.1, 0.15) is 52.6 Å². The normalized spacial score (nSPS) is 19.2. The van der Waals surface area contributed by atoms with Crippen LogP contribution in [0.4, 0.5) is 10.5 Å². The molecular formula is C29H23NO5. The molecular weight excluding hydrogens is 442 g/mol. The Labute approximate surface area is 202 Å². The van der Waals surface area contributed by atoms with Crippen LogP contribution >= 0.6 is 0 Å². The fraction of sp³-hybridized carbons (Fsp3) is 0.172. The van der Waals surface area contributed by atoms with Gasteiger partial charge in [-0.15, -0.1) is 0 Å². The van der Waals surface area contributed by atoms with Gasteiger partial charge in [0.1, 0.15) is 11.0 Å². The lowest BCUT2D eigenvalue weighted by Crippen LogP contribution is -2.48. The minimum absolute atomic E-state index is 0.0101. The number of hydrogen-bond donors (Lipinski definition) is 0. The number of imide groups is 1. The molecule has 1 aliphatic carbocycles. The monoisotopic (exact) mass is 465 g/mol. The van der Waals surface area contributed by atoms with Crippen LogP contribution in [0.15, 0.2) is 90.5 Å². The highest BCUT2D eigenvalue weighted by molar-refractivity contribution is 6.32. The minimum atomic E-state index is -1.70. The summed E-state index contributed by atoms with van der Waals surface area (Å²) in [5.74, 6) is -1.46. The number of rotatable bonds is 2. The maximum absolute atomic E-state index is 14.4. The molecule has 0 bridgehead atoms. The zero-order valence-corrected chi connectivity index (χ0v) is 19.6. The zero-order valence-electron chi connectivity index (χ0n) is 19.6. The van der Waals surface area contributed by atoms with Crippen LogP contribution in [0.5, 0.6) is 0 Å². The van der Waals surface area contributed by atoms with Crippen LogP contribution in [0.3, 0.4) is 0 Å². The Kier molecular flexibility index (Phi) is 5.06. The fourth-order valence-corrected chi connectivity index (χ4v) is 4.84. The number of anilines is 1. The second kappa shape index (κ2) is 7.87. The van der Waals surface area contributed by atoms with Crippen molar-refractivity contribution in [1.29, 1.82) is 0 Å². The molecule has 0 fully saturated rings. The summed E-state index contributed by atoms with van der Waals surface area (Å²) >= 11 is 0. The van der Waals surface area contributed by atoms with Gasteiger partial charge in [-0.1, -0.05) is 72.8 Å². The van der Waals surface area contributed by atoms with Crippen LogP contribution in [0.2, 0.25) is 0 Å². The summed E-state index contributed by atoms with van der Waals surface area (Å²) in [6.45, 7) is 5.14. The molecule has 0 spiro atoms. The Bertz CT molecular complexity index is 1430. The standard InChI is InChI=1S/C29H23NO5/c1-28(2,3)35-27(34)30-23-16-10-9-15-21(23)29(26(30)33,18-11-5-4-6-12-18)22-17-24(31)19-13-7-8-14-20(19)25(22)32/h4-17H,1-3H3/t29-/m1/s1. The molecule has 0 saturated carbocycles. The Morgan fingerprint density at radius 3 is 2.09 bits per heavy atom. The summed E-state index contributed by atoms with van der Waals surface area (Å²) < 4.78 is 5.56. The van der Waals surface area contributed by atoms with Gasteiger partial charge in [0.2, 0.25) is 0 Å². The number of hydrogen-bond acceptors (Lipinski definition) is 5. The highest BCUT2D eigenvalue weighted by Gasteiger charge is 2.59. The van der Waals surface area contributed by atoms with Gasteiger partial charge in [-0.2, -0.15) is 0 Å². The number of carbonyl (C=O) groups excluding carboxylic acids is 4. The fourth-order valence-electron chi connectivity index (χ4n) is 4.84. The van der Waals surface area contributed by atoms with Crippen LogP contribution in [0.25, 0.3) is 0 Å². The third-order valence-electron chi connectivity index (χ3n) is 6.22. The molecule has 6 nitrogen and oxygen atoms in total. The number of Topliss-reactive ketones (excluding diaryl/α,β-unsaturated/α-hetero) is 1. The van der Waals surface area contributed by atoms with Gasteiger partial charge in [-0.3, -0.25) is 14.4 Å². The van der Waals surface area contributed by atoms with E-state index in [2.05, 4.69) is 0 Å². The van der Waals surface area contributed by atoms with Crippen molar-refractivity contribution >= 4 is 29.3 Å². The molecule has 2 amide bonds. The van der Waals surface area contributed by atoms with E-state index in [-0.39, 0.29) is 22.5 Å². The molecule has 1 atom stereocenters. The molecule has 0 aromatic heterocycles. The van der Waals surface area contributed by atoms with Crippen molar-refractivity contribution in [1.82, 2.24) is 0 Å². The van der Waals surface area contributed by atoms with Crippen molar-refractivity contribution in [2.45, 2.75) is 31.8 Å². The van der Waals surface area contributed by atoms with Crippen LogP contribution in [-0.2, 0) is 14.9 Å². The van der Waals surface area contributed by atoms with E-state index in [0.717, 1.165) is 4.90 Å². The molecule has 6 heteroatoms. The number of ketones is 2. The molecule has 0 saturated heterocycles. The molecule has 1 heterocycles. The molecule has 0 N–H and O–H groups in total. The van der Waals surface area contributed by atoms with Gasteiger partial charge >= 0.3 is 6.09 Å². The number of carbonyl (C=O) groups is 4. The summed E-state index contributed by atoms with van der Waals surface area (Å²) in [6, 6.07) is 22.1. The van der Waals surface area contributed by atoms with E-state index in [9.17, 15) is 19.2 Å². The first-order chi connectivity index (χ1) is 16.7. The van der Waals surface area contributed by atoms with Gasteiger partial charge < -0.3 is 4.74 Å². The summed E-state index contributed by atoms with van der Waals surface area (Å²) in [5.41, 5.74) is -0.789. The number of amides is 2. The quantitative estimate of drug-likeness (QED) is 0.516. The van der Waals surface area contributed by atoms with E-state index in [1.54, 1.807) is 99.6 Å². The van der Waals surface area contributed by atoms with Gasteiger partial charge in [-0.05, 0) is 38.5 Å². The highest BCUT2D eigenvalue weighted by Crippen LogP contribution is 2.52. The third-order valence-corrected chi connectivity index (χ3v) is 6.22. The van der Waals surface area contributed by atoms with E-state index >= 15 is 0 Å². The number of benzene rings is 3. The first kappa shape index (κ1) is 22.5. The summed E-state index contributed by atoms with van der Waals surface area (Å²) in [6.07, 6.45) is 0.397. The molecule has 5 rings (SSSR count). The van der Waals surface area contributed by atoms with Crippen LogP contribution in [-0.4, -0.2) is 29.2 Å². The summed E-state index contributed by atoms with van der Waals surface area (Å²) in [4.78, 5) is 55.7. The van der Waals surface area contributed by atoms with E-state index < -0.39 is 28.8 Å². The number of para-hydroxylation sites is 1. The number of fused-ring (bicyclic) bond motifs is 2. The van der Waals surface area contributed by atoms with Gasteiger partial charge in [0, 0.05) is 22.3 Å². The molecule has 2 aliphatic rings. The average Bonchev–Trinajstić information content (AvgIpc) is 3.10. The Hall–Kier alpha value is -4.32. The van der Waals surface area contributed by atoms with Crippen molar-refractivity contribution in [3.63, 3.8) is 0 Å². The second-order valence-electron chi connectivity index (χ2n) is 9.55.